The molecule has 37 heavy (non-hydrogen) atoms. The first-order valence-corrected chi connectivity index (χ1v) is 12.1. The molecule has 2 N–H and O–H groups in total. The maximum atomic E-state index is 13.1. The average molecular weight is 514 g/mol. The fourth-order valence-electron chi connectivity index (χ4n) is 4.64. The first-order chi connectivity index (χ1) is 17.5. The number of carboxylic acids is 1. The van der Waals surface area contributed by atoms with Crippen molar-refractivity contribution < 1.29 is 28.2 Å². The van der Waals surface area contributed by atoms with Crippen LogP contribution in [-0.2, 0) is 23.5 Å². The average Bonchev–Trinajstić information content (AvgIpc) is 2.86. The van der Waals surface area contributed by atoms with Gasteiger partial charge in [-0.1, -0.05) is 48.5 Å². The zero-order valence-electron chi connectivity index (χ0n) is 20.5. The third-order valence-corrected chi connectivity index (χ3v) is 6.93. The van der Waals surface area contributed by atoms with Gasteiger partial charge in [0, 0.05) is 51.2 Å². The Kier molecular flexibility index (Phi) is 7.96. The van der Waals surface area contributed by atoms with Gasteiger partial charge in [0.05, 0.1) is 6.42 Å². The Balaban J connectivity index is 1.41. The SMILES string of the molecule is CC(O)(c1ccc(-c2ccc(CN3CCN(Cc4ccncc4)CC3CC(=O)O)cc2)cc1)C(F)(F)F. The van der Waals surface area contributed by atoms with Crippen LogP contribution in [0.3, 0.4) is 0 Å². The Morgan fingerprint density at radius 3 is 2.05 bits per heavy atom. The van der Waals surface area contributed by atoms with E-state index >= 15 is 0 Å². The zero-order chi connectivity index (χ0) is 26.6. The minimum atomic E-state index is -4.76. The van der Waals surface area contributed by atoms with Crippen molar-refractivity contribution in [2.75, 3.05) is 19.6 Å². The maximum absolute atomic E-state index is 13.1. The van der Waals surface area contributed by atoms with Gasteiger partial charge in [-0.05, 0) is 46.9 Å². The first-order valence-electron chi connectivity index (χ1n) is 12.1. The van der Waals surface area contributed by atoms with Gasteiger partial charge in [0.2, 0.25) is 0 Å². The van der Waals surface area contributed by atoms with E-state index in [0.29, 0.717) is 13.1 Å². The van der Waals surface area contributed by atoms with Crippen molar-refractivity contribution in [2.24, 2.45) is 0 Å². The summed E-state index contributed by atoms with van der Waals surface area (Å²) in [6.07, 6.45) is -1.20. The number of aliphatic carboxylic acids is 1. The van der Waals surface area contributed by atoms with Gasteiger partial charge in [-0.25, -0.2) is 0 Å². The van der Waals surface area contributed by atoms with Crippen LogP contribution >= 0.6 is 0 Å². The van der Waals surface area contributed by atoms with Gasteiger partial charge in [0.1, 0.15) is 0 Å². The van der Waals surface area contributed by atoms with E-state index in [-0.39, 0.29) is 18.0 Å². The number of halogens is 3. The minimum absolute atomic E-state index is 0.0545. The number of alkyl halides is 3. The zero-order valence-corrected chi connectivity index (χ0v) is 20.5. The normalized spacial score (nSPS) is 18.9. The highest BCUT2D eigenvalue weighted by molar-refractivity contribution is 5.67. The van der Waals surface area contributed by atoms with Crippen molar-refractivity contribution in [1.82, 2.24) is 14.8 Å². The summed E-state index contributed by atoms with van der Waals surface area (Å²) in [6.45, 7) is 4.32. The Hall–Kier alpha value is -3.27. The lowest BCUT2D eigenvalue weighted by Crippen LogP contribution is -2.52. The summed E-state index contributed by atoms with van der Waals surface area (Å²) in [7, 11) is 0. The number of pyridine rings is 1. The fourth-order valence-corrected chi connectivity index (χ4v) is 4.64. The molecule has 2 heterocycles. The molecule has 196 valence electrons. The number of carbonyl (C=O) groups is 1. The van der Waals surface area contributed by atoms with Gasteiger partial charge in [0.25, 0.3) is 0 Å². The number of aliphatic hydroxyl groups is 1. The van der Waals surface area contributed by atoms with E-state index in [1.807, 2.05) is 36.4 Å². The number of carboxylic acid groups (broad SMARTS) is 1. The van der Waals surface area contributed by atoms with Crippen LogP contribution in [0.2, 0.25) is 0 Å². The van der Waals surface area contributed by atoms with Crippen LogP contribution in [-0.4, -0.2) is 62.8 Å². The Morgan fingerprint density at radius 1 is 0.919 bits per heavy atom. The Labute approximate surface area is 214 Å². The highest BCUT2D eigenvalue weighted by atomic mass is 19.4. The molecule has 0 bridgehead atoms. The summed E-state index contributed by atoms with van der Waals surface area (Å²) < 4.78 is 39.3. The molecule has 2 unspecified atom stereocenters. The summed E-state index contributed by atoms with van der Waals surface area (Å²) in [5, 5.41) is 19.3. The number of benzene rings is 2. The van der Waals surface area contributed by atoms with Crippen LogP contribution in [0.4, 0.5) is 13.2 Å². The van der Waals surface area contributed by atoms with Gasteiger partial charge >= 0.3 is 12.1 Å². The van der Waals surface area contributed by atoms with Gasteiger partial charge < -0.3 is 10.2 Å². The smallest absolute Gasteiger partial charge is 0.421 e. The van der Waals surface area contributed by atoms with Crippen molar-refractivity contribution in [2.45, 2.75) is 44.3 Å². The molecule has 0 radical (unpaired) electrons. The summed E-state index contributed by atoms with van der Waals surface area (Å²) in [4.78, 5) is 20.0. The molecule has 9 heteroatoms. The van der Waals surface area contributed by atoms with Gasteiger partial charge in [0.15, 0.2) is 5.60 Å². The van der Waals surface area contributed by atoms with E-state index in [1.165, 1.54) is 12.1 Å². The second-order valence-corrected chi connectivity index (χ2v) is 9.66. The minimum Gasteiger partial charge on any atom is -0.481 e. The summed E-state index contributed by atoms with van der Waals surface area (Å²) in [5.74, 6) is -0.830. The van der Waals surface area contributed by atoms with E-state index in [0.717, 1.165) is 48.8 Å². The highest BCUT2D eigenvalue weighted by Crippen LogP contribution is 2.39. The van der Waals surface area contributed by atoms with Crippen LogP contribution < -0.4 is 0 Å². The number of hydrogen-bond acceptors (Lipinski definition) is 5. The van der Waals surface area contributed by atoms with E-state index in [4.69, 9.17) is 0 Å². The molecule has 1 fully saturated rings. The molecular weight excluding hydrogens is 483 g/mol. The summed E-state index contributed by atoms with van der Waals surface area (Å²) in [6, 6.07) is 17.2. The predicted octanol–water partition coefficient (Wildman–Crippen LogP) is 4.68. The van der Waals surface area contributed by atoms with Crippen LogP contribution in [0, 0.1) is 0 Å². The van der Waals surface area contributed by atoms with Crippen molar-refractivity contribution in [3.8, 4) is 11.1 Å². The number of piperazine rings is 1. The molecule has 0 spiro atoms. The van der Waals surface area contributed by atoms with Crippen LogP contribution in [0.25, 0.3) is 11.1 Å². The molecule has 4 rings (SSSR count). The molecule has 0 amide bonds. The summed E-state index contributed by atoms with van der Waals surface area (Å²) in [5.41, 5.74) is 0.617. The fraction of sp³-hybridized carbons (Fsp3) is 0.357. The quantitative estimate of drug-likeness (QED) is 0.456. The third-order valence-electron chi connectivity index (χ3n) is 6.93. The molecule has 1 saturated heterocycles. The van der Waals surface area contributed by atoms with Gasteiger partial charge in [-0.15, -0.1) is 0 Å². The van der Waals surface area contributed by atoms with Crippen molar-refractivity contribution in [3.63, 3.8) is 0 Å². The largest absolute Gasteiger partial charge is 0.481 e. The maximum Gasteiger partial charge on any atom is 0.421 e. The van der Waals surface area contributed by atoms with Gasteiger partial charge in [-0.2, -0.15) is 13.2 Å². The second kappa shape index (κ2) is 11.0. The molecule has 1 aromatic heterocycles. The van der Waals surface area contributed by atoms with Crippen molar-refractivity contribution >= 4 is 5.97 Å². The lowest BCUT2D eigenvalue weighted by molar-refractivity contribution is -0.258. The predicted molar refractivity (Wildman–Crippen MR) is 133 cm³/mol. The first kappa shape index (κ1) is 26.8. The van der Waals surface area contributed by atoms with E-state index in [1.54, 1.807) is 24.5 Å². The summed E-state index contributed by atoms with van der Waals surface area (Å²) >= 11 is 0. The number of nitrogens with zero attached hydrogens (tertiary/aromatic N) is 3. The van der Waals surface area contributed by atoms with Crippen LogP contribution in [0.15, 0.2) is 73.1 Å². The molecule has 0 saturated carbocycles. The molecule has 1 aliphatic rings. The highest BCUT2D eigenvalue weighted by Gasteiger charge is 2.51. The van der Waals surface area contributed by atoms with Crippen molar-refractivity contribution in [1.29, 1.82) is 0 Å². The second-order valence-electron chi connectivity index (χ2n) is 9.66. The molecule has 3 aromatic rings. The monoisotopic (exact) mass is 513 g/mol. The topological polar surface area (TPSA) is 76.9 Å². The molecule has 2 aromatic carbocycles. The van der Waals surface area contributed by atoms with Gasteiger partial charge in [-0.3, -0.25) is 19.6 Å². The number of aromatic nitrogens is 1. The molecule has 1 aliphatic heterocycles. The number of rotatable bonds is 8. The lowest BCUT2D eigenvalue weighted by atomic mass is 9.93. The molecule has 2 atom stereocenters. The van der Waals surface area contributed by atoms with Crippen LogP contribution in [0.1, 0.15) is 30.0 Å². The van der Waals surface area contributed by atoms with Crippen LogP contribution in [0.5, 0.6) is 0 Å². The molecular formula is C28H30F3N3O3. The standard InChI is InChI=1S/C28H30F3N3O3/c1-27(37,28(29,30)31)24-8-6-23(7-9-24)22-4-2-20(3-5-22)18-34-15-14-33(19-25(34)16-26(35)36)17-21-10-12-32-13-11-21/h2-13,25,37H,14-19H2,1H3,(H,35,36). The lowest BCUT2D eigenvalue weighted by Gasteiger charge is -2.41. The van der Waals surface area contributed by atoms with E-state index in [9.17, 15) is 28.2 Å². The molecule has 6 nitrogen and oxygen atoms in total. The Bertz CT molecular complexity index is 1180. The third kappa shape index (κ3) is 6.54. The van der Waals surface area contributed by atoms with Crippen molar-refractivity contribution in [3.05, 3.63) is 89.7 Å². The molecule has 0 aliphatic carbocycles. The Morgan fingerprint density at radius 2 is 1.49 bits per heavy atom. The van der Waals surface area contributed by atoms with E-state index in [2.05, 4.69) is 14.8 Å². The van der Waals surface area contributed by atoms with E-state index < -0.39 is 17.7 Å². The number of hydrogen-bond donors (Lipinski definition) is 2.